The minimum atomic E-state index is -4.85. The van der Waals surface area contributed by atoms with Crippen LogP contribution in [0.5, 0.6) is 5.75 Å². The summed E-state index contributed by atoms with van der Waals surface area (Å²) in [5, 5.41) is 0. The Morgan fingerprint density at radius 3 is 2.31 bits per heavy atom. The number of hydrogen-bond acceptors (Lipinski definition) is 2. The van der Waals surface area contributed by atoms with Gasteiger partial charge in [0.2, 0.25) is 0 Å². The molecule has 1 aromatic carbocycles. The lowest BCUT2D eigenvalue weighted by molar-refractivity contribution is -0.274. The van der Waals surface area contributed by atoms with E-state index < -0.39 is 24.1 Å². The molecule has 0 heterocycles. The molecule has 0 bridgehead atoms. The molecule has 90 valence electrons. The minimum absolute atomic E-state index is 0.0725. The summed E-state index contributed by atoms with van der Waals surface area (Å²) in [5.74, 6) is -0.558. The van der Waals surface area contributed by atoms with Gasteiger partial charge in [0.25, 0.3) is 6.43 Å². The molecule has 0 unspecified atom stereocenters. The third-order valence-corrected chi connectivity index (χ3v) is 1.80. The van der Waals surface area contributed by atoms with Crippen LogP contribution in [0.15, 0.2) is 18.2 Å². The molecule has 0 amide bonds. The van der Waals surface area contributed by atoms with E-state index in [9.17, 15) is 22.0 Å². The molecule has 2 N–H and O–H groups in total. The summed E-state index contributed by atoms with van der Waals surface area (Å²) in [5.41, 5.74) is 4.69. The molecule has 1 aromatic rings. The van der Waals surface area contributed by atoms with Gasteiger partial charge in [-0.3, -0.25) is 0 Å². The summed E-state index contributed by atoms with van der Waals surface area (Å²) < 4.78 is 63.8. The normalized spacial score (nSPS) is 11.9. The van der Waals surface area contributed by atoms with Crippen LogP contribution >= 0.6 is 0 Å². The van der Waals surface area contributed by atoms with Gasteiger partial charge in [-0.2, -0.15) is 0 Å². The number of halogens is 5. The maximum absolute atomic E-state index is 12.4. The Labute approximate surface area is 87.8 Å². The van der Waals surface area contributed by atoms with Gasteiger partial charge in [0.15, 0.2) is 0 Å². The molecule has 0 saturated carbocycles. The van der Waals surface area contributed by atoms with Crippen LogP contribution in [0.1, 0.15) is 17.6 Å². The van der Waals surface area contributed by atoms with E-state index in [1.54, 1.807) is 0 Å². The average molecular weight is 241 g/mol. The number of nitrogens with two attached hydrogens (primary N) is 1. The maximum atomic E-state index is 12.4. The van der Waals surface area contributed by atoms with Gasteiger partial charge in [0.05, 0.1) is 0 Å². The third-order valence-electron chi connectivity index (χ3n) is 1.80. The Balaban J connectivity index is 3.00. The van der Waals surface area contributed by atoms with Crippen LogP contribution in [-0.2, 0) is 6.54 Å². The summed E-state index contributed by atoms with van der Waals surface area (Å²) >= 11 is 0. The molecule has 7 heteroatoms. The summed E-state index contributed by atoms with van der Waals surface area (Å²) in [7, 11) is 0. The number of rotatable bonds is 3. The van der Waals surface area contributed by atoms with E-state index in [1.807, 2.05) is 0 Å². The van der Waals surface area contributed by atoms with Gasteiger partial charge in [0.1, 0.15) is 5.75 Å². The predicted octanol–water partition coefficient (Wildman–Crippen LogP) is 2.98. The zero-order chi connectivity index (χ0) is 12.3. The summed E-state index contributed by atoms with van der Waals surface area (Å²) in [6, 6.07) is 2.55. The van der Waals surface area contributed by atoms with Gasteiger partial charge < -0.3 is 10.5 Å². The van der Waals surface area contributed by atoms with Crippen molar-refractivity contribution in [1.82, 2.24) is 0 Å². The molecule has 0 aliphatic carbocycles. The van der Waals surface area contributed by atoms with Crippen molar-refractivity contribution in [2.75, 3.05) is 0 Å². The standard InChI is InChI=1S/C9H8F5NO/c10-8(11)7-2-1-6(3-5(7)4-15)16-9(12,13)14/h1-3,8H,4,15H2. The van der Waals surface area contributed by atoms with Crippen LogP contribution in [0, 0.1) is 0 Å². The van der Waals surface area contributed by atoms with Gasteiger partial charge >= 0.3 is 6.36 Å². The summed E-state index contributed by atoms with van der Waals surface area (Å²) in [6.07, 6.45) is -7.63. The van der Waals surface area contributed by atoms with E-state index >= 15 is 0 Å². The molecule has 0 saturated heterocycles. The van der Waals surface area contributed by atoms with Gasteiger partial charge in [-0.05, 0) is 23.8 Å². The molecular weight excluding hydrogens is 233 g/mol. The second-order valence-electron chi connectivity index (χ2n) is 2.91. The van der Waals surface area contributed by atoms with E-state index in [0.717, 1.165) is 18.2 Å². The topological polar surface area (TPSA) is 35.2 Å². The molecule has 0 spiro atoms. The number of alkyl halides is 5. The summed E-state index contributed by atoms with van der Waals surface area (Å²) in [4.78, 5) is 0. The first-order valence-electron chi connectivity index (χ1n) is 4.20. The highest BCUT2D eigenvalue weighted by atomic mass is 19.4. The van der Waals surface area contributed by atoms with Crippen LogP contribution in [0.25, 0.3) is 0 Å². The second kappa shape index (κ2) is 4.65. The molecule has 0 atom stereocenters. The molecule has 1 rings (SSSR count). The third kappa shape index (κ3) is 3.34. The lowest BCUT2D eigenvalue weighted by Crippen LogP contribution is -2.17. The van der Waals surface area contributed by atoms with Crippen molar-refractivity contribution >= 4 is 0 Å². The largest absolute Gasteiger partial charge is 0.573 e. The quantitative estimate of drug-likeness (QED) is 0.825. The van der Waals surface area contributed by atoms with E-state index in [0.29, 0.717) is 0 Å². The number of ether oxygens (including phenoxy) is 1. The summed E-state index contributed by atoms with van der Waals surface area (Å²) in [6.45, 7) is -0.283. The number of hydrogen-bond donors (Lipinski definition) is 1. The van der Waals surface area contributed by atoms with Crippen LogP contribution in [0.3, 0.4) is 0 Å². The minimum Gasteiger partial charge on any atom is -0.406 e. The van der Waals surface area contributed by atoms with Crippen molar-refractivity contribution in [2.45, 2.75) is 19.3 Å². The molecular formula is C9H8F5NO. The van der Waals surface area contributed by atoms with Crippen molar-refractivity contribution < 1.29 is 26.7 Å². The molecule has 2 nitrogen and oxygen atoms in total. The lowest BCUT2D eigenvalue weighted by Gasteiger charge is -2.12. The fourth-order valence-electron chi connectivity index (χ4n) is 1.17. The fourth-order valence-corrected chi connectivity index (χ4v) is 1.17. The van der Waals surface area contributed by atoms with E-state index in [4.69, 9.17) is 5.73 Å². The monoisotopic (exact) mass is 241 g/mol. The molecule has 16 heavy (non-hydrogen) atoms. The van der Waals surface area contributed by atoms with E-state index in [2.05, 4.69) is 4.74 Å². The predicted molar refractivity (Wildman–Crippen MR) is 46.0 cm³/mol. The first-order chi connectivity index (χ1) is 7.33. The van der Waals surface area contributed by atoms with Gasteiger partial charge in [0, 0.05) is 12.1 Å². The molecule has 0 aliphatic rings. The van der Waals surface area contributed by atoms with Gasteiger partial charge in [-0.1, -0.05) is 0 Å². The van der Waals surface area contributed by atoms with E-state index in [-0.39, 0.29) is 12.1 Å². The highest BCUT2D eigenvalue weighted by Crippen LogP contribution is 2.29. The Morgan fingerprint density at radius 1 is 1.25 bits per heavy atom. The van der Waals surface area contributed by atoms with Crippen LogP contribution in [0.2, 0.25) is 0 Å². The van der Waals surface area contributed by atoms with Crippen molar-refractivity contribution in [3.8, 4) is 5.75 Å². The second-order valence-corrected chi connectivity index (χ2v) is 2.91. The van der Waals surface area contributed by atoms with Crippen LogP contribution in [-0.4, -0.2) is 6.36 Å². The van der Waals surface area contributed by atoms with Crippen LogP contribution in [0.4, 0.5) is 22.0 Å². The molecule has 0 aliphatic heterocycles. The maximum Gasteiger partial charge on any atom is 0.573 e. The molecule has 0 radical (unpaired) electrons. The number of benzene rings is 1. The van der Waals surface area contributed by atoms with Gasteiger partial charge in [-0.15, -0.1) is 13.2 Å². The fraction of sp³-hybridized carbons (Fsp3) is 0.333. The Hall–Kier alpha value is -1.37. The zero-order valence-electron chi connectivity index (χ0n) is 7.89. The van der Waals surface area contributed by atoms with Crippen molar-refractivity contribution in [3.63, 3.8) is 0 Å². The van der Waals surface area contributed by atoms with Crippen LogP contribution < -0.4 is 10.5 Å². The van der Waals surface area contributed by atoms with Gasteiger partial charge in [-0.25, -0.2) is 8.78 Å². The van der Waals surface area contributed by atoms with Crippen molar-refractivity contribution in [3.05, 3.63) is 29.3 Å². The zero-order valence-corrected chi connectivity index (χ0v) is 7.89. The Morgan fingerprint density at radius 2 is 1.88 bits per heavy atom. The average Bonchev–Trinajstić information content (AvgIpc) is 2.14. The highest BCUT2D eigenvalue weighted by molar-refractivity contribution is 5.36. The first-order valence-corrected chi connectivity index (χ1v) is 4.20. The van der Waals surface area contributed by atoms with Crippen molar-refractivity contribution in [1.29, 1.82) is 0 Å². The lowest BCUT2D eigenvalue weighted by atomic mass is 10.1. The SMILES string of the molecule is NCc1cc(OC(F)(F)F)ccc1C(F)F. The van der Waals surface area contributed by atoms with E-state index in [1.165, 1.54) is 0 Å². The molecule has 0 fully saturated rings. The first kappa shape index (κ1) is 12.7. The highest BCUT2D eigenvalue weighted by Gasteiger charge is 2.31. The van der Waals surface area contributed by atoms with Crippen molar-refractivity contribution in [2.24, 2.45) is 5.73 Å². The smallest absolute Gasteiger partial charge is 0.406 e. The molecule has 0 aromatic heterocycles. The Bertz CT molecular complexity index is 363. The Kier molecular flexibility index (Phi) is 3.69.